The monoisotopic (exact) mass is 405 g/mol. The second-order valence-electron chi connectivity index (χ2n) is 6.91. The highest BCUT2D eigenvalue weighted by Gasteiger charge is 2.23. The van der Waals surface area contributed by atoms with Crippen LogP contribution in [0.1, 0.15) is 12.5 Å². The highest BCUT2D eigenvalue weighted by Crippen LogP contribution is 2.41. The number of rotatable bonds is 5. The Hall–Kier alpha value is -3.54. The van der Waals surface area contributed by atoms with Gasteiger partial charge in [0.15, 0.2) is 17.8 Å². The Morgan fingerprint density at radius 1 is 1.13 bits per heavy atom. The van der Waals surface area contributed by atoms with E-state index in [9.17, 15) is 5.26 Å². The molecule has 3 aromatic rings. The lowest BCUT2D eigenvalue weighted by molar-refractivity contribution is -0.0684. The molecule has 0 aliphatic carbocycles. The summed E-state index contributed by atoms with van der Waals surface area (Å²) in [4.78, 5) is 4.39. The van der Waals surface area contributed by atoms with Gasteiger partial charge < -0.3 is 29.0 Å². The molecule has 0 radical (unpaired) electrons. The molecule has 1 aromatic heterocycles. The van der Waals surface area contributed by atoms with Crippen molar-refractivity contribution in [1.29, 1.82) is 5.26 Å². The van der Waals surface area contributed by atoms with Crippen molar-refractivity contribution in [3.8, 4) is 23.3 Å². The second kappa shape index (κ2) is 7.71. The van der Waals surface area contributed by atoms with Crippen molar-refractivity contribution in [2.45, 2.75) is 19.5 Å². The van der Waals surface area contributed by atoms with Crippen LogP contribution in [0.2, 0.25) is 0 Å². The Balaban J connectivity index is 1.40. The molecule has 1 unspecified atom stereocenters. The van der Waals surface area contributed by atoms with E-state index in [1.165, 1.54) is 0 Å². The van der Waals surface area contributed by atoms with Crippen LogP contribution in [0.15, 0.2) is 42.6 Å². The van der Waals surface area contributed by atoms with Crippen molar-refractivity contribution < 1.29 is 23.7 Å². The zero-order valence-electron chi connectivity index (χ0n) is 16.3. The molecular weight excluding hydrogens is 386 g/mol. The standard InChI is InChI=1S/C22H19N3O5/c1-13-29-19-8-17-18(9-20(19)30-13)24-11-14(10-23)22(17)25-15-2-4-16(5-3-15)28-12-21-26-6-7-27-21/h2-5,8-9,11,13,21H,6-7,12H2,1H3,(H,24,25). The van der Waals surface area contributed by atoms with Crippen molar-refractivity contribution in [3.05, 3.63) is 48.2 Å². The molecule has 2 aliphatic heterocycles. The number of hydrogen-bond donors (Lipinski definition) is 1. The molecule has 0 saturated carbocycles. The van der Waals surface area contributed by atoms with Gasteiger partial charge in [0.05, 0.1) is 30.0 Å². The Kier molecular flexibility index (Phi) is 4.75. The Morgan fingerprint density at radius 3 is 2.60 bits per heavy atom. The number of anilines is 2. The lowest BCUT2D eigenvalue weighted by Crippen LogP contribution is -2.18. The maximum Gasteiger partial charge on any atom is 0.238 e. The first kappa shape index (κ1) is 18.5. The smallest absolute Gasteiger partial charge is 0.238 e. The summed E-state index contributed by atoms with van der Waals surface area (Å²) >= 11 is 0. The molecule has 1 fully saturated rings. The molecule has 1 saturated heterocycles. The van der Waals surface area contributed by atoms with Crippen molar-refractivity contribution in [3.63, 3.8) is 0 Å². The van der Waals surface area contributed by atoms with Crippen molar-refractivity contribution >= 4 is 22.3 Å². The van der Waals surface area contributed by atoms with Gasteiger partial charge in [-0.3, -0.25) is 4.98 Å². The summed E-state index contributed by atoms with van der Waals surface area (Å²) in [7, 11) is 0. The maximum absolute atomic E-state index is 9.58. The molecule has 8 heteroatoms. The third-order valence-electron chi connectivity index (χ3n) is 4.84. The molecule has 30 heavy (non-hydrogen) atoms. The quantitative estimate of drug-likeness (QED) is 0.686. The largest absolute Gasteiger partial charge is 0.488 e. The van der Waals surface area contributed by atoms with Crippen LogP contribution in [0.4, 0.5) is 11.4 Å². The summed E-state index contributed by atoms with van der Waals surface area (Å²) in [6, 6.07) is 13.3. The molecule has 8 nitrogen and oxygen atoms in total. The van der Waals surface area contributed by atoms with E-state index in [1.54, 1.807) is 6.20 Å². The van der Waals surface area contributed by atoms with Crippen molar-refractivity contribution in [2.75, 3.05) is 25.1 Å². The Morgan fingerprint density at radius 2 is 1.87 bits per heavy atom. The van der Waals surface area contributed by atoms with Gasteiger partial charge >= 0.3 is 0 Å². The van der Waals surface area contributed by atoms with Gasteiger partial charge in [-0.1, -0.05) is 0 Å². The van der Waals surface area contributed by atoms with E-state index in [0.717, 1.165) is 11.1 Å². The van der Waals surface area contributed by atoms with Crippen molar-refractivity contribution in [1.82, 2.24) is 4.98 Å². The summed E-state index contributed by atoms with van der Waals surface area (Å²) in [6.07, 6.45) is 0.881. The van der Waals surface area contributed by atoms with E-state index in [0.29, 0.717) is 53.8 Å². The minimum absolute atomic E-state index is 0.320. The number of nitrogens with one attached hydrogen (secondary N) is 1. The summed E-state index contributed by atoms with van der Waals surface area (Å²) in [6.45, 7) is 3.35. The van der Waals surface area contributed by atoms with E-state index in [4.69, 9.17) is 23.7 Å². The number of ether oxygens (including phenoxy) is 5. The van der Waals surface area contributed by atoms with Gasteiger partial charge in [-0.25, -0.2) is 0 Å². The van der Waals surface area contributed by atoms with Gasteiger partial charge in [-0.15, -0.1) is 0 Å². The molecule has 5 rings (SSSR count). The Bertz CT molecular complexity index is 1120. The van der Waals surface area contributed by atoms with Crippen LogP contribution in [-0.2, 0) is 9.47 Å². The number of aromatic nitrogens is 1. The van der Waals surface area contributed by atoms with Crippen molar-refractivity contribution in [2.24, 2.45) is 0 Å². The van der Waals surface area contributed by atoms with Crippen LogP contribution in [-0.4, -0.2) is 37.4 Å². The molecular formula is C22H19N3O5. The maximum atomic E-state index is 9.58. The molecule has 1 atom stereocenters. The van der Waals surface area contributed by atoms with E-state index in [-0.39, 0.29) is 12.6 Å². The van der Waals surface area contributed by atoms with Crippen LogP contribution in [0, 0.1) is 11.3 Å². The average Bonchev–Trinajstić information content (AvgIpc) is 3.40. The number of nitrogens with zero attached hydrogens (tertiary/aromatic N) is 2. The van der Waals surface area contributed by atoms with Crippen LogP contribution in [0.3, 0.4) is 0 Å². The number of benzene rings is 2. The zero-order chi connectivity index (χ0) is 20.5. The SMILES string of the molecule is CC1Oc2cc3ncc(C#N)c(Nc4ccc(OCC5OCCO5)cc4)c3cc2O1. The molecule has 0 spiro atoms. The van der Waals surface area contributed by atoms with E-state index >= 15 is 0 Å². The number of nitriles is 1. The molecule has 2 aliphatic rings. The van der Waals surface area contributed by atoms with E-state index < -0.39 is 0 Å². The van der Waals surface area contributed by atoms with Gasteiger partial charge in [0.1, 0.15) is 18.4 Å². The average molecular weight is 405 g/mol. The number of fused-ring (bicyclic) bond motifs is 2. The molecule has 0 bridgehead atoms. The normalized spacial score (nSPS) is 17.8. The minimum Gasteiger partial charge on any atom is -0.488 e. The predicted molar refractivity (Wildman–Crippen MR) is 108 cm³/mol. The first-order valence-electron chi connectivity index (χ1n) is 9.63. The minimum atomic E-state index is -0.351. The molecule has 3 heterocycles. The van der Waals surface area contributed by atoms with Crippen LogP contribution in [0.5, 0.6) is 17.2 Å². The predicted octanol–water partition coefficient (Wildman–Crippen LogP) is 3.72. The lowest BCUT2D eigenvalue weighted by Gasteiger charge is -2.14. The highest BCUT2D eigenvalue weighted by molar-refractivity contribution is 5.97. The van der Waals surface area contributed by atoms with Gasteiger partial charge in [0.2, 0.25) is 6.29 Å². The fraction of sp³-hybridized carbons (Fsp3) is 0.273. The van der Waals surface area contributed by atoms with Gasteiger partial charge in [0, 0.05) is 30.3 Å². The molecule has 1 N–H and O–H groups in total. The first-order chi connectivity index (χ1) is 14.7. The molecule has 0 amide bonds. The Labute approximate surface area is 172 Å². The van der Waals surface area contributed by atoms with Crippen LogP contribution >= 0.6 is 0 Å². The van der Waals surface area contributed by atoms with E-state index in [1.807, 2.05) is 43.3 Å². The fourth-order valence-corrected chi connectivity index (χ4v) is 3.43. The number of pyridine rings is 1. The topological polar surface area (TPSA) is 94.9 Å². The fourth-order valence-electron chi connectivity index (χ4n) is 3.43. The summed E-state index contributed by atoms with van der Waals surface area (Å²) in [5.41, 5.74) is 2.62. The molecule has 2 aromatic carbocycles. The molecule has 152 valence electrons. The van der Waals surface area contributed by atoms with Gasteiger partial charge in [-0.2, -0.15) is 5.26 Å². The van der Waals surface area contributed by atoms with Gasteiger partial charge in [0.25, 0.3) is 0 Å². The number of hydrogen-bond acceptors (Lipinski definition) is 8. The van der Waals surface area contributed by atoms with Crippen LogP contribution < -0.4 is 19.5 Å². The summed E-state index contributed by atoms with van der Waals surface area (Å²) in [5.74, 6) is 1.99. The second-order valence-corrected chi connectivity index (χ2v) is 6.91. The zero-order valence-corrected chi connectivity index (χ0v) is 16.3. The highest BCUT2D eigenvalue weighted by atomic mass is 16.7. The summed E-state index contributed by atoms with van der Waals surface area (Å²) in [5, 5.41) is 13.7. The lowest BCUT2D eigenvalue weighted by atomic mass is 10.1. The van der Waals surface area contributed by atoms with Crippen LogP contribution in [0.25, 0.3) is 10.9 Å². The first-order valence-corrected chi connectivity index (χ1v) is 9.63. The third kappa shape index (κ3) is 3.56. The summed E-state index contributed by atoms with van der Waals surface area (Å²) < 4.78 is 27.7. The third-order valence-corrected chi connectivity index (χ3v) is 4.84. The van der Waals surface area contributed by atoms with E-state index in [2.05, 4.69) is 16.4 Å². The van der Waals surface area contributed by atoms with Gasteiger partial charge in [-0.05, 0) is 30.3 Å².